The molecule has 3 aliphatic rings. The Morgan fingerprint density at radius 3 is 2.77 bits per heavy atom. The summed E-state index contributed by atoms with van der Waals surface area (Å²) in [5.74, 6) is 0.941. The first-order valence-electron chi connectivity index (χ1n) is 8.23. The van der Waals surface area contributed by atoms with Gasteiger partial charge in [0.1, 0.15) is 0 Å². The van der Waals surface area contributed by atoms with E-state index in [0.717, 1.165) is 25.6 Å². The molecule has 122 valence electrons. The van der Waals surface area contributed by atoms with Gasteiger partial charge in [0.2, 0.25) is 5.91 Å². The molecule has 2 atom stereocenters. The van der Waals surface area contributed by atoms with Crippen molar-refractivity contribution >= 4 is 17.2 Å². The summed E-state index contributed by atoms with van der Waals surface area (Å²) < 4.78 is 0. The first-order valence-corrected chi connectivity index (χ1v) is 9.05. The average molecular weight is 321 g/mol. The lowest BCUT2D eigenvalue weighted by atomic mass is 9.95. The molecule has 3 saturated heterocycles. The van der Waals surface area contributed by atoms with E-state index in [1.807, 2.05) is 25.4 Å². The lowest BCUT2D eigenvalue weighted by Crippen LogP contribution is -2.44. The van der Waals surface area contributed by atoms with Crippen LogP contribution in [-0.4, -0.2) is 66.9 Å². The molecular formula is C17H27N3OS. The Hall–Kier alpha value is -0.910. The molecule has 3 aliphatic heterocycles. The molecule has 3 fully saturated rings. The van der Waals surface area contributed by atoms with E-state index in [2.05, 4.69) is 28.9 Å². The summed E-state index contributed by atoms with van der Waals surface area (Å²) in [7, 11) is 3.69. The Balaban J connectivity index is 1.64. The van der Waals surface area contributed by atoms with E-state index in [1.54, 1.807) is 4.90 Å². The third-order valence-electron chi connectivity index (χ3n) is 4.92. The number of hydrogen-bond donors (Lipinski definition) is 0. The molecular weight excluding hydrogens is 294 g/mol. The Bertz CT molecular complexity index is 528. The zero-order valence-corrected chi connectivity index (χ0v) is 14.7. The summed E-state index contributed by atoms with van der Waals surface area (Å²) in [5.41, 5.74) is 0. The minimum Gasteiger partial charge on any atom is -0.348 e. The van der Waals surface area contributed by atoms with Crippen LogP contribution >= 0.6 is 11.3 Å². The van der Waals surface area contributed by atoms with Crippen molar-refractivity contribution in [3.05, 3.63) is 21.9 Å². The molecule has 2 unspecified atom stereocenters. The summed E-state index contributed by atoms with van der Waals surface area (Å²) in [6.07, 6.45) is 2.60. The first-order chi connectivity index (χ1) is 10.5. The number of likely N-dealkylation sites (N-methyl/N-ethyl adjacent to an activating group) is 1. The van der Waals surface area contributed by atoms with Crippen molar-refractivity contribution < 1.29 is 4.79 Å². The monoisotopic (exact) mass is 321 g/mol. The highest BCUT2D eigenvalue weighted by atomic mass is 32.1. The third kappa shape index (κ3) is 3.70. The van der Waals surface area contributed by atoms with Crippen molar-refractivity contribution in [2.75, 3.05) is 40.3 Å². The summed E-state index contributed by atoms with van der Waals surface area (Å²) in [5, 5.41) is 0. The van der Waals surface area contributed by atoms with Crippen LogP contribution in [-0.2, 0) is 11.3 Å². The molecule has 1 aromatic rings. The van der Waals surface area contributed by atoms with Crippen LogP contribution in [0.3, 0.4) is 0 Å². The molecule has 0 N–H and O–H groups in total. The SMILES string of the molecule is Cc1ccc(CN2CC3CCC2CN(CC(=O)N(C)C)C3)s1. The minimum atomic E-state index is 0.224. The number of thiophene rings is 1. The Morgan fingerprint density at radius 2 is 2.09 bits per heavy atom. The average Bonchev–Trinajstić information content (AvgIpc) is 2.68. The van der Waals surface area contributed by atoms with Gasteiger partial charge in [-0.1, -0.05) is 0 Å². The van der Waals surface area contributed by atoms with Crippen LogP contribution in [0, 0.1) is 12.8 Å². The number of carbonyl (C=O) groups is 1. The molecule has 0 spiro atoms. The van der Waals surface area contributed by atoms with Crippen molar-refractivity contribution in [2.24, 2.45) is 5.92 Å². The molecule has 0 radical (unpaired) electrons. The fraction of sp³-hybridized carbons (Fsp3) is 0.706. The molecule has 0 saturated carbocycles. The van der Waals surface area contributed by atoms with E-state index in [-0.39, 0.29) is 5.91 Å². The number of fused-ring (bicyclic) bond motifs is 4. The Labute approximate surface area is 137 Å². The molecule has 22 heavy (non-hydrogen) atoms. The molecule has 1 amide bonds. The standard InChI is InChI=1S/C17H27N3OS/c1-13-4-7-16(22-13)11-20-9-14-5-6-15(20)10-19(8-14)12-17(21)18(2)3/h4,7,14-15H,5-6,8-12H2,1-3H3. The van der Waals surface area contributed by atoms with E-state index < -0.39 is 0 Å². The zero-order chi connectivity index (χ0) is 15.7. The predicted molar refractivity (Wildman–Crippen MR) is 91.1 cm³/mol. The van der Waals surface area contributed by atoms with Crippen LogP contribution < -0.4 is 0 Å². The molecule has 4 heterocycles. The van der Waals surface area contributed by atoms with Crippen molar-refractivity contribution in [3.8, 4) is 0 Å². The third-order valence-corrected chi connectivity index (χ3v) is 5.90. The van der Waals surface area contributed by atoms with E-state index in [0.29, 0.717) is 12.6 Å². The van der Waals surface area contributed by atoms with Gasteiger partial charge in [-0.05, 0) is 37.8 Å². The van der Waals surface area contributed by atoms with E-state index in [1.165, 1.54) is 29.1 Å². The van der Waals surface area contributed by atoms with Crippen molar-refractivity contribution in [2.45, 2.75) is 32.4 Å². The van der Waals surface area contributed by atoms with Gasteiger partial charge < -0.3 is 4.90 Å². The number of amides is 1. The lowest BCUT2D eigenvalue weighted by Gasteiger charge is -2.35. The number of piperidine rings is 1. The van der Waals surface area contributed by atoms with Crippen molar-refractivity contribution in [1.29, 1.82) is 0 Å². The zero-order valence-electron chi connectivity index (χ0n) is 13.9. The fourth-order valence-electron chi connectivity index (χ4n) is 3.70. The highest BCUT2D eigenvalue weighted by molar-refractivity contribution is 7.11. The van der Waals surface area contributed by atoms with Gasteiger partial charge in [0.05, 0.1) is 6.54 Å². The molecule has 0 aromatic carbocycles. The molecule has 5 heteroatoms. The van der Waals surface area contributed by atoms with Gasteiger partial charge >= 0.3 is 0 Å². The van der Waals surface area contributed by atoms with E-state index in [9.17, 15) is 4.79 Å². The first kappa shape index (κ1) is 16.0. The smallest absolute Gasteiger partial charge is 0.236 e. The quantitative estimate of drug-likeness (QED) is 0.849. The molecule has 4 nitrogen and oxygen atoms in total. The Kier molecular flexibility index (Phi) is 4.85. The maximum atomic E-state index is 12.0. The molecule has 1 aromatic heterocycles. The van der Waals surface area contributed by atoms with E-state index in [4.69, 9.17) is 0 Å². The second-order valence-corrected chi connectivity index (χ2v) is 8.39. The number of aryl methyl sites for hydroxylation is 1. The van der Waals surface area contributed by atoms with Crippen LogP contribution in [0.1, 0.15) is 22.6 Å². The van der Waals surface area contributed by atoms with Crippen LogP contribution in [0.25, 0.3) is 0 Å². The predicted octanol–water partition coefficient (Wildman–Crippen LogP) is 2.04. The van der Waals surface area contributed by atoms with Gasteiger partial charge in [-0.25, -0.2) is 0 Å². The summed E-state index contributed by atoms with van der Waals surface area (Å²) in [4.78, 5) is 21.6. The molecule has 4 rings (SSSR count). The van der Waals surface area contributed by atoms with E-state index >= 15 is 0 Å². The van der Waals surface area contributed by atoms with Crippen LogP contribution in [0.5, 0.6) is 0 Å². The second-order valence-electron chi connectivity index (χ2n) is 7.02. The maximum absolute atomic E-state index is 12.0. The number of rotatable bonds is 4. The Morgan fingerprint density at radius 1 is 1.27 bits per heavy atom. The normalized spacial score (nSPS) is 26.1. The minimum absolute atomic E-state index is 0.224. The van der Waals surface area contributed by atoms with Crippen LogP contribution in [0.15, 0.2) is 12.1 Å². The topological polar surface area (TPSA) is 26.8 Å². The van der Waals surface area contributed by atoms with Gasteiger partial charge in [-0.2, -0.15) is 0 Å². The van der Waals surface area contributed by atoms with Crippen molar-refractivity contribution in [3.63, 3.8) is 0 Å². The lowest BCUT2D eigenvalue weighted by molar-refractivity contribution is -0.130. The highest BCUT2D eigenvalue weighted by Gasteiger charge is 2.35. The fourth-order valence-corrected chi connectivity index (χ4v) is 4.62. The van der Waals surface area contributed by atoms with Gasteiger partial charge in [-0.15, -0.1) is 11.3 Å². The van der Waals surface area contributed by atoms with Crippen LogP contribution in [0.2, 0.25) is 0 Å². The second kappa shape index (κ2) is 6.69. The van der Waals surface area contributed by atoms with Gasteiger partial charge in [0.15, 0.2) is 0 Å². The number of nitrogens with zero attached hydrogens (tertiary/aromatic N) is 3. The van der Waals surface area contributed by atoms with Crippen LogP contribution in [0.4, 0.5) is 0 Å². The molecule has 2 bridgehead atoms. The highest BCUT2D eigenvalue weighted by Crippen LogP contribution is 2.30. The van der Waals surface area contributed by atoms with Gasteiger partial charge in [0.25, 0.3) is 0 Å². The summed E-state index contributed by atoms with van der Waals surface area (Å²) >= 11 is 1.91. The van der Waals surface area contributed by atoms with Gasteiger partial charge in [0, 0.05) is 56.1 Å². The van der Waals surface area contributed by atoms with Gasteiger partial charge in [-0.3, -0.25) is 14.6 Å². The van der Waals surface area contributed by atoms with Crippen molar-refractivity contribution in [1.82, 2.24) is 14.7 Å². The summed E-state index contributed by atoms with van der Waals surface area (Å²) in [6, 6.07) is 5.10. The molecule has 0 aliphatic carbocycles. The summed E-state index contributed by atoms with van der Waals surface area (Å²) in [6.45, 7) is 7.14. The number of hydrogen-bond acceptors (Lipinski definition) is 4. The maximum Gasteiger partial charge on any atom is 0.236 e. The number of carbonyl (C=O) groups excluding carboxylic acids is 1. The largest absolute Gasteiger partial charge is 0.348 e.